The van der Waals surface area contributed by atoms with Gasteiger partial charge >= 0.3 is 5.97 Å². The molecule has 0 aliphatic carbocycles. The molecule has 2 heterocycles. The molecule has 0 spiro atoms. The van der Waals surface area contributed by atoms with E-state index in [0.29, 0.717) is 25.3 Å². The molecule has 1 aliphatic heterocycles. The van der Waals surface area contributed by atoms with E-state index in [2.05, 4.69) is 10.4 Å². The molecule has 2 amide bonds. The van der Waals surface area contributed by atoms with Gasteiger partial charge in [-0.25, -0.2) is 0 Å². The topological polar surface area (TPSA) is 105 Å². The molecule has 0 saturated heterocycles. The number of hydrogen-bond acceptors (Lipinski definition) is 4. The second-order valence-corrected chi connectivity index (χ2v) is 6.68. The van der Waals surface area contributed by atoms with Crippen molar-refractivity contribution in [1.29, 1.82) is 0 Å². The number of benzene rings is 1. The maximum atomic E-state index is 13.0. The average molecular weight is 370 g/mol. The highest BCUT2D eigenvalue weighted by molar-refractivity contribution is 5.99. The number of nitrogens with one attached hydrogen (secondary N) is 1. The fourth-order valence-corrected chi connectivity index (χ4v) is 3.02. The summed E-state index contributed by atoms with van der Waals surface area (Å²) in [5, 5.41) is 15.5. The minimum Gasteiger partial charge on any atom is -0.480 e. The van der Waals surface area contributed by atoms with Crippen molar-refractivity contribution < 1.29 is 19.5 Å². The Balaban J connectivity index is 1.80. The van der Waals surface area contributed by atoms with Gasteiger partial charge < -0.3 is 15.3 Å². The summed E-state index contributed by atoms with van der Waals surface area (Å²) >= 11 is 0. The first-order valence-corrected chi connectivity index (χ1v) is 8.82. The zero-order chi connectivity index (χ0) is 19.6. The highest BCUT2D eigenvalue weighted by Gasteiger charge is 2.27. The van der Waals surface area contributed by atoms with E-state index in [-0.39, 0.29) is 11.6 Å². The summed E-state index contributed by atoms with van der Waals surface area (Å²) in [7, 11) is 0. The fraction of sp³-hybridized carbons (Fsp3) is 0.368. The number of aliphatic carboxylic acids is 1. The molecule has 2 N–H and O–H groups in total. The Bertz CT molecular complexity index is 890. The van der Waals surface area contributed by atoms with Gasteiger partial charge in [-0.05, 0) is 31.4 Å². The molecule has 0 radical (unpaired) electrons. The van der Waals surface area contributed by atoms with Crippen LogP contribution in [0.25, 0.3) is 0 Å². The van der Waals surface area contributed by atoms with Crippen LogP contribution in [-0.2, 0) is 17.9 Å². The number of carbonyl (C=O) groups excluding carboxylic acids is 2. The third-order valence-corrected chi connectivity index (χ3v) is 4.66. The molecular weight excluding hydrogens is 348 g/mol. The lowest BCUT2D eigenvalue weighted by Crippen LogP contribution is -2.38. The SMILES string of the molecule is Cc1ccccc1CN1CCCn2nc(C(=O)NC(C)C(=O)O)cc2C1=O. The van der Waals surface area contributed by atoms with Gasteiger partial charge in [-0.3, -0.25) is 19.1 Å². The van der Waals surface area contributed by atoms with Gasteiger partial charge in [0.2, 0.25) is 0 Å². The van der Waals surface area contributed by atoms with E-state index in [4.69, 9.17) is 5.11 Å². The number of carboxylic acid groups (broad SMARTS) is 1. The van der Waals surface area contributed by atoms with E-state index in [1.165, 1.54) is 17.7 Å². The first kappa shape index (κ1) is 18.6. The van der Waals surface area contributed by atoms with E-state index in [9.17, 15) is 14.4 Å². The van der Waals surface area contributed by atoms with E-state index < -0.39 is 17.9 Å². The van der Waals surface area contributed by atoms with Gasteiger partial charge in [0.05, 0.1) is 0 Å². The monoisotopic (exact) mass is 370 g/mol. The molecule has 0 saturated carbocycles. The quantitative estimate of drug-likeness (QED) is 0.829. The van der Waals surface area contributed by atoms with Crippen LogP contribution < -0.4 is 5.32 Å². The van der Waals surface area contributed by atoms with Crippen molar-refractivity contribution in [2.75, 3.05) is 6.54 Å². The maximum absolute atomic E-state index is 13.0. The van der Waals surface area contributed by atoms with Crippen LogP contribution in [0.2, 0.25) is 0 Å². The summed E-state index contributed by atoms with van der Waals surface area (Å²) in [5.74, 6) is -1.93. The summed E-state index contributed by atoms with van der Waals surface area (Å²) in [5.41, 5.74) is 2.58. The molecule has 8 heteroatoms. The van der Waals surface area contributed by atoms with Crippen LogP contribution in [0, 0.1) is 6.92 Å². The van der Waals surface area contributed by atoms with Gasteiger partial charge in [0.25, 0.3) is 11.8 Å². The number of carboxylic acids is 1. The van der Waals surface area contributed by atoms with Crippen LogP contribution in [-0.4, -0.2) is 50.2 Å². The molecule has 1 aliphatic rings. The molecule has 1 aromatic heterocycles. The lowest BCUT2D eigenvalue weighted by Gasteiger charge is -2.21. The van der Waals surface area contributed by atoms with Gasteiger partial charge in [0.15, 0.2) is 5.69 Å². The van der Waals surface area contributed by atoms with Gasteiger partial charge in [0.1, 0.15) is 11.7 Å². The van der Waals surface area contributed by atoms with Crippen LogP contribution in [0.4, 0.5) is 0 Å². The highest BCUT2D eigenvalue weighted by atomic mass is 16.4. The zero-order valence-electron chi connectivity index (χ0n) is 15.3. The van der Waals surface area contributed by atoms with Gasteiger partial charge in [-0.1, -0.05) is 24.3 Å². The maximum Gasteiger partial charge on any atom is 0.325 e. The molecule has 3 rings (SSSR count). The first-order chi connectivity index (χ1) is 12.9. The van der Waals surface area contributed by atoms with Crippen molar-refractivity contribution in [3.63, 3.8) is 0 Å². The smallest absolute Gasteiger partial charge is 0.325 e. The second-order valence-electron chi connectivity index (χ2n) is 6.68. The Morgan fingerprint density at radius 2 is 2.04 bits per heavy atom. The Labute approximate surface area is 156 Å². The number of aryl methyl sites for hydroxylation is 2. The van der Waals surface area contributed by atoms with Crippen molar-refractivity contribution in [3.05, 3.63) is 52.8 Å². The summed E-state index contributed by atoms with van der Waals surface area (Å²) in [4.78, 5) is 37.8. The third-order valence-electron chi connectivity index (χ3n) is 4.66. The lowest BCUT2D eigenvalue weighted by atomic mass is 10.1. The molecule has 0 fully saturated rings. The summed E-state index contributed by atoms with van der Waals surface area (Å²) in [6.07, 6.45) is 0.721. The van der Waals surface area contributed by atoms with E-state index in [0.717, 1.165) is 17.5 Å². The molecule has 1 atom stereocenters. The number of rotatable bonds is 5. The molecule has 1 aromatic carbocycles. The van der Waals surface area contributed by atoms with Crippen LogP contribution in [0.1, 0.15) is 45.4 Å². The Hall–Kier alpha value is -3.16. The van der Waals surface area contributed by atoms with Gasteiger partial charge in [0, 0.05) is 25.7 Å². The zero-order valence-corrected chi connectivity index (χ0v) is 15.3. The minimum atomic E-state index is -1.13. The largest absolute Gasteiger partial charge is 0.480 e. The number of amides is 2. The molecule has 27 heavy (non-hydrogen) atoms. The summed E-state index contributed by atoms with van der Waals surface area (Å²) in [6.45, 7) is 5.00. The molecule has 142 valence electrons. The van der Waals surface area contributed by atoms with Crippen molar-refractivity contribution >= 4 is 17.8 Å². The molecule has 0 bridgehead atoms. The van der Waals surface area contributed by atoms with Crippen LogP contribution in [0.5, 0.6) is 0 Å². The van der Waals surface area contributed by atoms with Gasteiger partial charge in [-0.2, -0.15) is 5.10 Å². The van der Waals surface area contributed by atoms with Crippen LogP contribution in [0.15, 0.2) is 30.3 Å². The molecule has 1 unspecified atom stereocenters. The highest BCUT2D eigenvalue weighted by Crippen LogP contribution is 2.18. The molecular formula is C19H22N4O4. The van der Waals surface area contributed by atoms with Crippen molar-refractivity contribution in [3.8, 4) is 0 Å². The normalized spacial score (nSPS) is 15.0. The predicted molar refractivity (Wildman–Crippen MR) is 97.3 cm³/mol. The summed E-state index contributed by atoms with van der Waals surface area (Å²) in [6, 6.07) is 8.31. The van der Waals surface area contributed by atoms with Gasteiger partial charge in [-0.15, -0.1) is 0 Å². The van der Waals surface area contributed by atoms with Crippen LogP contribution >= 0.6 is 0 Å². The van der Waals surface area contributed by atoms with Crippen molar-refractivity contribution in [2.45, 2.75) is 39.4 Å². The molecule has 8 nitrogen and oxygen atoms in total. The number of fused-ring (bicyclic) bond motifs is 1. The fourth-order valence-electron chi connectivity index (χ4n) is 3.02. The Morgan fingerprint density at radius 3 is 2.74 bits per heavy atom. The first-order valence-electron chi connectivity index (χ1n) is 8.82. The van der Waals surface area contributed by atoms with Crippen molar-refractivity contribution in [1.82, 2.24) is 20.0 Å². The predicted octanol–water partition coefficient (Wildman–Crippen LogP) is 1.44. The third kappa shape index (κ3) is 3.99. The Kier molecular flexibility index (Phi) is 5.25. The molecule has 2 aromatic rings. The minimum absolute atomic E-state index is 0.0455. The number of hydrogen-bond donors (Lipinski definition) is 2. The number of carbonyl (C=O) groups is 3. The lowest BCUT2D eigenvalue weighted by molar-refractivity contribution is -0.138. The number of nitrogens with zero attached hydrogens (tertiary/aromatic N) is 3. The number of aromatic nitrogens is 2. The summed E-state index contributed by atoms with van der Waals surface area (Å²) < 4.78 is 1.53. The van der Waals surface area contributed by atoms with E-state index >= 15 is 0 Å². The Morgan fingerprint density at radius 1 is 1.30 bits per heavy atom. The standard InChI is InChI=1S/C19H22N4O4/c1-12-6-3-4-7-14(12)11-22-8-5-9-23-16(18(22)25)10-15(21-23)17(24)20-13(2)19(26)27/h3-4,6-7,10,13H,5,8-9,11H2,1-2H3,(H,20,24)(H,26,27). The second kappa shape index (κ2) is 7.61. The van der Waals surface area contributed by atoms with Crippen LogP contribution in [0.3, 0.4) is 0 Å². The van der Waals surface area contributed by atoms with Crippen molar-refractivity contribution in [2.24, 2.45) is 0 Å². The van der Waals surface area contributed by atoms with E-state index in [1.54, 1.807) is 4.90 Å². The van der Waals surface area contributed by atoms with E-state index in [1.807, 2.05) is 31.2 Å². The average Bonchev–Trinajstić information content (AvgIpc) is 3.00.